The van der Waals surface area contributed by atoms with Crippen LogP contribution < -0.4 is 10.6 Å². The SMILES string of the molecule is C=C(C)C(=O)OCC(COC(=O)C(=C)C)OC(=O)NCC1(C)CC(NC(=O)C(C)C)CC(C)(C)C1. The van der Waals surface area contributed by atoms with Gasteiger partial charge in [0.15, 0.2) is 6.10 Å². The van der Waals surface area contributed by atoms with Gasteiger partial charge in [-0.05, 0) is 43.9 Å². The second kappa shape index (κ2) is 12.7. The van der Waals surface area contributed by atoms with Gasteiger partial charge in [0.05, 0.1) is 0 Å². The number of carbonyl (C=O) groups excluding carboxylic acids is 4. The fourth-order valence-electron chi connectivity index (χ4n) is 4.42. The standard InChI is InChI=1S/C26H42N2O7/c1-16(2)21(29)28-19-10-25(7,8)14-26(9,11-19)15-27-24(32)35-20(12-33-22(30)17(3)4)13-34-23(31)18(5)6/h16,19-20H,3,5,10-15H2,1-2,4,6-9H3,(H,27,32)(H,28,29). The van der Waals surface area contributed by atoms with Gasteiger partial charge < -0.3 is 24.8 Å². The summed E-state index contributed by atoms with van der Waals surface area (Å²) in [6, 6.07) is 0.00679. The molecule has 9 heteroatoms. The molecule has 0 aromatic rings. The van der Waals surface area contributed by atoms with E-state index in [0.29, 0.717) is 13.0 Å². The molecule has 0 spiro atoms. The zero-order chi connectivity index (χ0) is 27.0. The van der Waals surface area contributed by atoms with E-state index in [1.807, 2.05) is 13.8 Å². The topological polar surface area (TPSA) is 120 Å². The average molecular weight is 495 g/mol. The van der Waals surface area contributed by atoms with Crippen molar-refractivity contribution in [2.75, 3.05) is 19.8 Å². The molecular formula is C26H42N2O7. The molecule has 9 nitrogen and oxygen atoms in total. The minimum atomic E-state index is -1.00. The Morgan fingerprint density at radius 2 is 1.46 bits per heavy atom. The summed E-state index contributed by atoms with van der Waals surface area (Å²) in [4.78, 5) is 48.3. The molecule has 0 aromatic carbocycles. The number of ether oxygens (including phenoxy) is 3. The van der Waals surface area contributed by atoms with Crippen molar-refractivity contribution in [2.24, 2.45) is 16.7 Å². The number of hydrogen-bond acceptors (Lipinski definition) is 7. The van der Waals surface area contributed by atoms with Gasteiger partial charge in [0.25, 0.3) is 0 Å². The molecule has 0 aliphatic heterocycles. The van der Waals surface area contributed by atoms with Crippen LogP contribution >= 0.6 is 0 Å². The third-order valence-electron chi connectivity index (χ3n) is 5.75. The number of amides is 2. The monoisotopic (exact) mass is 494 g/mol. The summed E-state index contributed by atoms with van der Waals surface area (Å²) in [7, 11) is 0. The lowest BCUT2D eigenvalue weighted by molar-refractivity contribution is -0.147. The van der Waals surface area contributed by atoms with Crippen LogP contribution in [0.2, 0.25) is 0 Å². The Bertz CT molecular complexity index is 804. The van der Waals surface area contributed by atoms with Crippen LogP contribution in [0.5, 0.6) is 0 Å². The van der Waals surface area contributed by atoms with Crippen LogP contribution in [0.3, 0.4) is 0 Å². The maximum Gasteiger partial charge on any atom is 0.407 e. The first-order valence-corrected chi connectivity index (χ1v) is 11.9. The van der Waals surface area contributed by atoms with Crippen LogP contribution in [0, 0.1) is 16.7 Å². The predicted molar refractivity (Wildman–Crippen MR) is 132 cm³/mol. The quantitative estimate of drug-likeness (QED) is 0.255. The minimum absolute atomic E-state index is 0.00679. The molecule has 2 unspecified atom stereocenters. The molecule has 0 aromatic heterocycles. The Balaban J connectivity index is 2.77. The molecule has 35 heavy (non-hydrogen) atoms. The Hall–Kier alpha value is -2.84. The fraction of sp³-hybridized carbons (Fsp3) is 0.692. The maximum atomic E-state index is 12.6. The molecule has 0 saturated heterocycles. The third-order valence-corrected chi connectivity index (χ3v) is 5.75. The van der Waals surface area contributed by atoms with E-state index in [2.05, 4.69) is 44.6 Å². The van der Waals surface area contributed by atoms with Gasteiger partial charge in [0.1, 0.15) is 13.2 Å². The van der Waals surface area contributed by atoms with E-state index in [0.717, 1.165) is 12.8 Å². The van der Waals surface area contributed by atoms with Gasteiger partial charge >= 0.3 is 18.0 Å². The Morgan fingerprint density at radius 3 is 1.91 bits per heavy atom. The summed E-state index contributed by atoms with van der Waals surface area (Å²) in [5, 5.41) is 5.92. The van der Waals surface area contributed by atoms with Gasteiger partial charge in [0, 0.05) is 29.7 Å². The van der Waals surface area contributed by atoms with Crippen molar-refractivity contribution >= 4 is 23.9 Å². The maximum absolute atomic E-state index is 12.6. The van der Waals surface area contributed by atoms with E-state index in [9.17, 15) is 19.2 Å². The van der Waals surface area contributed by atoms with Gasteiger partial charge in [0.2, 0.25) is 5.91 Å². The number of nitrogens with one attached hydrogen (secondary N) is 2. The van der Waals surface area contributed by atoms with E-state index < -0.39 is 24.1 Å². The lowest BCUT2D eigenvalue weighted by Crippen LogP contribution is -2.51. The molecule has 2 atom stereocenters. The molecule has 1 aliphatic carbocycles. The van der Waals surface area contributed by atoms with E-state index in [-0.39, 0.29) is 53.1 Å². The first-order valence-electron chi connectivity index (χ1n) is 11.9. The predicted octanol–water partition coefficient (Wildman–Crippen LogP) is 3.68. The fourth-order valence-corrected chi connectivity index (χ4v) is 4.42. The molecule has 2 amide bonds. The van der Waals surface area contributed by atoms with Crippen LogP contribution in [0.4, 0.5) is 4.79 Å². The zero-order valence-corrected chi connectivity index (χ0v) is 22.2. The van der Waals surface area contributed by atoms with Crippen molar-refractivity contribution in [1.29, 1.82) is 0 Å². The molecule has 1 rings (SSSR count). The summed E-state index contributed by atoms with van der Waals surface area (Å²) in [6.45, 7) is 19.8. The molecule has 1 fully saturated rings. The highest BCUT2D eigenvalue weighted by Crippen LogP contribution is 2.45. The number of alkyl carbamates (subject to hydrolysis) is 1. The lowest BCUT2D eigenvalue weighted by Gasteiger charge is -2.47. The van der Waals surface area contributed by atoms with Crippen molar-refractivity contribution in [2.45, 2.75) is 79.9 Å². The van der Waals surface area contributed by atoms with Crippen molar-refractivity contribution < 1.29 is 33.4 Å². The highest BCUT2D eigenvalue weighted by molar-refractivity contribution is 5.87. The highest BCUT2D eigenvalue weighted by Gasteiger charge is 2.42. The van der Waals surface area contributed by atoms with E-state index in [1.54, 1.807) is 0 Å². The van der Waals surface area contributed by atoms with Crippen LogP contribution in [-0.2, 0) is 28.6 Å². The minimum Gasteiger partial charge on any atom is -0.458 e. The third kappa shape index (κ3) is 11.0. The lowest BCUT2D eigenvalue weighted by atomic mass is 9.62. The molecule has 0 bridgehead atoms. The summed E-state index contributed by atoms with van der Waals surface area (Å²) < 4.78 is 15.5. The second-order valence-corrected chi connectivity index (χ2v) is 11.1. The Kier molecular flexibility index (Phi) is 11.0. The first-order chi connectivity index (χ1) is 16.0. The second-order valence-electron chi connectivity index (χ2n) is 11.1. The van der Waals surface area contributed by atoms with Crippen molar-refractivity contribution in [1.82, 2.24) is 10.6 Å². The van der Waals surface area contributed by atoms with Gasteiger partial charge in [-0.3, -0.25) is 4.79 Å². The normalized spacial score (nSPS) is 21.1. The molecule has 198 valence electrons. The average Bonchev–Trinajstić information content (AvgIpc) is 2.71. The summed E-state index contributed by atoms with van der Waals surface area (Å²) in [5.41, 5.74) is 0.0891. The molecule has 1 aliphatic rings. The number of carbonyl (C=O) groups is 4. The number of hydrogen-bond donors (Lipinski definition) is 2. The smallest absolute Gasteiger partial charge is 0.407 e. The molecule has 0 radical (unpaired) electrons. The Labute approximate surface area is 209 Å². The molecule has 2 N–H and O–H groups in total. The summed E-state index contributed by atoms with van der Waals surface area (Å²) >= 11 is 0. The first kappa shape index (κ1) is 30.2. The van der Waals surface area contributed by atoms with Crippen LogP contribution in [-0.4, -0.2) is 55.8 Å². The van der Waals surface area contributed by atoms with Crippen molar-refractivity contribution in [3.8, 4) is 0 Å². The molecule has 1 saturated carbocycles. The van der Waals surface area contributed by atoms with Gasteiger partial charge in [-0.25, -0.2) is 14.4 Å². The van der Waals surface area contributed by atoms with Gasteiger partial charge in [-0.2, -0.15) is 0 Å². The van der Waals surface area contributed by atoms with Gasteiger partial charge in [-0.15, -0.1) is 0 Å². The van der Waals surface area contributed by atoms with E-state index in [4.69, 9.17) is 14.2 Å². The van der Waals surface area contributed by atoms with Crippen LogP contribution in [0.25, 0.3) is 0 Å². The van der Waals surface area contributed by atoms with Gasteiger partial charge in [-0.1, -0.05) is 47.8 Å². The molecular weight excluding hydrogens is 452 g/mol. The van der Waals surface area contributed by atoms with E-state index in [1.165, 1.54) is 13.8 Å². The van der Waals surface area contributed by atoms with Crippen LogP contribution in [0.1, 0.15) is 67.7 Å². The number of esters is 2. The van der Waals surface area contributed by atoms with E-state index >= 15 is 0 Å². The highest BCUT2D eigenvalue weighted by atomic mass is 16.6. The van der Waals surface area contributed by atoms with Crippen molar-refractivity contribution in [3.63, 3.8) is 0 Å². The largest absolute Gasteiger partial charge is 0.458 e. The number of rotatable bonds is 11. The van der Waals surface area contributed by atoms with Crippen LogP contribution in [0.15, 0.2) is 24.3 Å². The summed E-state index contributed by atoms with van der Waals surface area (Å²) in [5.74, 6) is -1.37. The zero-order valence-electron chi connectivity index (χ0n) is 22.2. The van der Waals surface area contributed by atoms with Crippen molar-refractivity contribution in [3.05, 3.63) is 24.3 Å². The molecule has 0 heterocycles. The summed E-state index contributed by atoms with van der Waals surface area (Å²) in [6.07, 6.45) is 0.695. The Morgan fingerprint density at radius 1 is 0.943 bits per heavy atom.